The predicted molar refractivity (Wildman–Crippen MR) is 54.0 cm³/mol. The highest BCUT2D eigenvalue weighted by atomic mass is 16.5. The highest BCUT2D eigenvalue weighted by Crippen LogP contribution is 2.23. The third-order valence-corrected chi connectivity index (χ3v) is 2.11. The molecule has 0 aromatic carbocycles. The third kappa shape index (κ3) is 2.67. The number of hydrogen-bond acceptors (Lipinski definition) is 4. The first-order chi connectivity index (χ1) is 6.88. The molecule has 1 aliphatic carbocycles. The van der Waals surface area contributed by atoms with Gasteiger partial charge in [0.05, 0.1) is 12.3 Å². The van der Waals surface area contributed by atoms with E-state index >= 15 is 0 Å². The summed E-state index contributed by atoms with van der Waals surface area (Å²) >= 11 is 0. The average Bonchev–Trinajstić information content (AvgIpc) is 2.99. The Balaban J connectivity index is 1.94. The van der Waals surface area contributed by atoms with E-state index in [9.17, 15) is 0 Å². The highest BCUT2D eigenvalue weighted by Gasteiger charge is 2.21. The quantitative estimate of drug-likeness (QED) is 0.771. The minimum absolute atomic E-state index is 0.568. The van der Waals surface area contributed by atoms with Gasteiger partial charge in [-0.15, -0.1) is 0 Å². The topological polar surface area (TPSA) is 47.0 Å². The van der Waals surface area contributed by atoms with Crippen LogP contribution in [0.4, 0.5) is 5.82 Å². The van der Waals surface area contributed by atoms with Gasteiger partial charge in [0.25, 0.3) is 0 Å². The summed E-state index contributed by atoms with van der Waals surface area (Å²) in [6.45, 7) is 3.26. The van der Waals surface area contributed by atoms with E-state index in [0.29, 0.717) is 12.6 Å². The molecule has 0 spiro atoms. The summed E-state index contributed by atoms with van der Waals surface area (Å²) in [6.07, 6.45) is 4.09. The number of hydrogen-bond donors (Lipinski definition) is 1. The monoisotopic (exact) mass is 193 g/mol. The first kappa shape index (κ1) is 9.40. The van der Waals surface area contributed by atoms with Crippen molar-refractivity contribution in [2.24, 2.45) is 0 Å². The van der Waals surface area contributed by atoms with Crippen molar-refractivity contribution in [2.45, 2.75) is 32.4 Å². The standard InChI is InChI=1S/C10H15N3O/c1-2-14-6-9-5-10(12-7-11-9)13-8-3-4-8/h5,7-8H,2-4,6H2,1H3,(H,11,12,13). The van der Waals surface area contributed by atoms with Gasteiger partial charge in [-0.05, 0) is 19.8 Å². The Hall–Kier alpha value is -1.16. The van der Waals surface area contributed by atoms with Crippen molar-refractivity contribution in [1.82, 2.24) is 9.97 Å². The van der Waals surface area contributed by atoms with Crippen LogP contribution in [-0.2, 0) is 11.3 Å². The van der Waals surface area contributed by atoms with Gasteiger partial charge in [0.15, 0.2) is 0 Å². The van der Waals surface area contributed by atoms with Crippen LogP contribution in [-0.4, -0.2) is 22.6 Å². The minimum atomic E-state index is 0.568. The molecular weight excluding hydrogens is 178 g/mol. The van der Waals surface area contributed by atoms with E-state index in [4.69, 9.17) is 4.74 Å². The van der Waals surface area contributed by atoms with E-state index in [2.05, 4.69) is 15.3 Å². The fraction of sp³-hybridized carbons (Fsp3) is 0.600. The van der Waals surface area contributed by atoms with Crippen LogP contribution < -0.4 is 5.32 Å². The number of aromatic nitrogens is 2. The summed E-state index contributed by atoms with van der Waals surface area (Å²) in [5.74, 6) is 0.914. The van der Waals surface area contributed by atoms with E-state index < -0.39 is 0 Å². The molecule has 0 amide bonds. The molecule has 0 radical (unpaired) electrons. The van der Waals surface area contributed by atoms with Gasteiger partial charge in [-0.2, -0.15) is 0 Å². The van der Waals surface area contributed by atoms with Crippen molar-refractivity contribution in [2.75, 3.05) is 11.9 Å². The first-order valence-corrected chi connectivity index (χ1v) is 5.03. The van der Waals surface area contributed by atoms with Crippen molar-refractivity contribution in [3.05, 3.63) is 18.1 Å². The van der Waals surface area contributed by atoms with Gasteiger partial charge in [-0.1, -0.05) is 0 Å². The Kier molecular flexibility index (Phi) is 2.93. The number of ether oxygens (including phenoxy) is 1. The molecule has 0 bridgehead atoms. The molecule has 4 nitrogen and oxygen atoms in total. The smallest absolute Gasteiger partial charge is 0.129 e. The Morgan fingerprint density at radius 2 is 2.36 bits per heavy atom. The van der Waals surface area contributed by atoms with Crippen LogP contribution in [0.15, 0.2) is 12.4 Å². The molecule has 14 heavy (non-hydrogen) atoms. The summed E-state index contributed by atoms with van der Waals surface area (Å²) in [5.41, 5.74) is 0.935. The van der Waals surface area contributed by atoms with Crippen LogP contribution in [0, 0.1) is 0 Å². The Labute approximate surface area is 83.7 Å². The molecule has 1 aliphatic rings. The molecule has 1 N–H and O–H groups in total. The van der Waals surface area contributed by atoms with Crippen LogP contribution in [0.2, 0.25) is 0 Å². The van der Waals surface area contributed by atoms with Crippen LogP contribution >= 0.6 is 0 Å². The van der Waals surface area contributed by atoms with Gasteiger partial charge in [0.1, 0.15) is 12.1 Å². The van der Waals surface area contributed by atoms with E-state index in [-0.39, 0.29) is 0 Å². The van der Waals surface area contributed by atoms with Gasteiger partial charge in [0, 0.05) is 18.7 Å². The van der Waals surface area contributed by atoms with Gasteiger partial charge in [-0.25, -0.2) is 9.97 Å². The molecule has 1 aromatic heterocycles. The molecule has 1 fully saturated rings. The van der Waals surface area contributed by atoms with Gasteiger partial charge >= 0.3 is 0 Å². The summed E-state index contributed by atoms with van der Waals surface area (Å²) in [7, 11) is 0. The fourth-order valence-corrected chi connectivity index (χ4v) is 1.20. The molecule has 1 aromatic rings. The molecular formula is C10H15N3O. The lowest BCUT2D eigenvalue weighted by Gasteiger charge is -2.05. The van der Waals surface area contributed by atoms with E-state index in [1.54, 1.807) is 6.33 Å². The molecule has 4 heteroatoms. The number of nitrogens with zero attached hydrogens (tertiary/aromatic N) is 2. The normalized spacial score (nSPS) is 15.5. The second-order valence-corrected chi connectivity index (χ2v) is 3.45. The Bertz CT molecular complexity index is 299. The molecule has 0 unspecified atom stereocenters. The zero-order valence-corrected chi connectivity index (χ0v) is 8.36. The lowest BCUT2D eigenvalue weighted by Crippen LogP contribution is -2.05. The molecule has 76 valence electrons. The molecule has 1 heterocycles. The second kappa shape index (κ2) is 4.37. The van der Waals surface area contributed by atoms with Crippen LogP contribution in [0.5, 0.6) is 0 Å². The number of rotatable bonds is 5. The van der Waals surface area contributed by atoms with Crippen molar-refractivity contribution in [3.8, 4) is 0 Å². The van der Waals surface area contributed by atoms with E-state index in [1.165, 1.54) is 12.8 Å². The minimum Gasteiger partial charge on any atom is -0.375 e. The van der Waals surface area contributed by atoms with Crippen molar-refractivity contribution < 1.29 is 4.74 Å². The van der Waals surface area contributed by atoms with Crippen LogP contribution in [0.3, 0.4) is 0 Å². The Morgan fingerprint density at radius 3 is 3.07 bits per heavy atom. The van der Waals surface area contributed by atoms with Crippen LogP contribution in [0.1, 0.15) is 25.5 Å². The van der Waals surface area contributed by atoms with Crippen molar-refractivity contribution in [3.63, 3.8) is 0 Å². The summed E-state index contributed by atoms with van der Waals surface area (Å²) in [5, 5.41) is 3.33. The first-order valence-electron chi connectivity index (χ1n) is 5.03. The van der Waals surface area contributed by atoms with Crippen LogP contribution in [0.25, 0.3) is 0 Å². The zero-order chi connectivity index (χ0) is 9.80. The van der Waals surface area contributed by atoms with Gasteiger partial charge in [-0.3, -0.25) is 0 Å². The Morgan fingerprint density at radius 1 is 1.50 bits per heavy atom. The SMILES string of the molecule is CCOCc1cc(NC2CC2)ncn1. The lowest BCUT2D eigenvalue weighted by atomic mass is 10.4. The van der Waals surface area contributed by atoms with E-state index in [0.717, 1.165) is 18.1 Å². The zero-order valence-electron chi connectivity index (χ0n) is 8.36. The number of nitrogens with one attached hydrogen (secondary N) is 1. The summed E-state index contributed by atoms with van der Waals surface area (Å²) in [4.78, 5) is 8.28. The summed E-state index contributed by atoms with van der Waals surface area (Å²) < 4.78 is 5.28. The maximum atomic E-state index is 5.28. The maximum absolute atomic E-state index is 5.28. The molecule has 0 aliphatic heterocycles. The van der Waals surface area contributed by atoms with Crippen molar-refractivity contribution >= 4 is 5.82 Å². The maximum Gasteiger partial charge on any atom is 0.129 e. The fourth-order valence-electron chi connectivity index (χ4n) is 1.20. The molecule has 0 saturated heterocycles. The van der Waals surface area contributed by atoms with Crippen molar-refractivity contribution in [1.29, 1.82) is 0 Å². The van der Waals surface area contributed by atoms with E-state index in [1.807, 2.05) is 13.0 Å². The highest BCUT2D eigenvalue weighted by molar-refractivity contribution is 5.37. The third-order valence-electron chi connectivity index (χ3n) is 2.11. The van der Waals surface area contributed by atoms with Gasteiger partial charge < -0.3 is 10.1 Å². The predicted octanol–water partition coefficient (Wildman–Crippen LogP) is 1.59. The van der Waals surface area contributed by atoms with Gasteiger partial charge in [0.2, 0.25) is 0 Å². The molecule has 1 saturated carbocycles. The molecule has 0 atom stereocenters. The molecule has 2 rings (SSSR count). The lowest BCUT2D eigenvalue weighted by molar-refractivity contribution is 0.131. The average molecular weight is 193 g/mol. The second-order valence-electron chi connectivity index (χ2n) is 3.45. The number of anilines is 1. The summed E-state index contributed by atoms with van der Waals surface area (Å²) in [6, 6.07) is 2.58. The largest absolute Gasteiger partial charge is 0.375 e.